The van der Waals surface area contributed by atoms with Crippen LogP contribution in [-0.4, -0.2) is 18.3 Å². The summed E-state index contributed by atoms with van der Waals surface area (Å²) < 4.78 is 209. The molecule has 0 saturated heterocycles. The van der Waals surface area contributed by atoms with E-state index < -0.39 is 70.0 Å². The molecule has 20 heteroatoms. The first-order valence-corrected chi connectivity index (χ1v) is 47.2. The average molecular weight is 1960 g/mol. The van der Waals surface area contributed by atoms with E-state index in [1.165, 1.54) is 121 Å². The molecule has 6 nitrogen and oxygen atoms in total. The molecule has 26 rings (SSSR count). The zero-order valence-corrected chi connectivity index (χ0v) is 77.2. The minimum atomic E-state index is -4.51. The van der Waals surface area contributed by atoms with Gasteiger partial charge in [-0.15, -0.1) is 0 Å². The van der Waals surface area contributed by atoms with Gasteiger partial charge in [-0.2, -0.15) is 31.6 Å². The van der Waals surface area contributed by atoms with Crippen LogP contribution < -0.4 is 0 Å². The van der Waals surface area contributed by atoms with E-state index in [1.807, 2.05) is 155 Å². The fourth-order valence-electron chi connectivity index (χ4n) is 21.7. The lowest BCUT2D eigenvalue weighted by Crippen LogP contribution is -2.03. The molecule has 26 aromatic rings. The van der Waals surface area contributed by atoms with Gasteiger partial charge in [0.2, 0.25) is 0 Å². The summed E-state index contributed by atoms with van der Waals surface area (Å²) in [6.07, 6.45) is -9.01. The summed E-state index contributed by atoms with van der Waals surface area (Å²) in [4.78, 5) is 3.57. The second-order valence-corrected chi connectivity index (χ2v) is 36.9. The third kappa shape index (κ3) is 15.5. The Bertz CT molecular complexity index is 9320. The van der Waals surface area contributed by atoms with E-state index in [9.17, 15) is 66.7 Å². The molecule has 0 amide bonds. The number of nitriles is 1. The molecule has 0 aliphatic rings. The molecule has 0 fully saturated rings. The van der Waals surface area contributed by atoms with Crippen molar-refractivity contribution in [1.82, 2.24) is 18.3 Å². The lowest BCUT2D eigenvalue weighted by atomic mass is 9.85. The van der Waals surface area contributed by atoms with Gasteiger partial charge in [-0.1, -0.05) is 182 Å². The van der Waals surface area contributed by atoms with Crippen molar-refractivity contribution in [1.29, 1.82) is 5.26 Å². The van der Waals surface area contributed by atoms with Crippen LogP contribution in [0.2, 0.25) is 0 Å². The summed E-state index contributed by atoms with van der Waals surface area (Å²) >= 11 is 0. The molecule has 708 valence electrons. The molecule has 4 aromatic heterocycles. The normalized spacial score (nSPS) is 12.0. The third-order valence-corrected chi connectivity index (χ3v) is 28.4. The molecular formula is C128H68F14N6. The number of hydrogen-bond acceptors (Lipinski definition) is 1. The Labute approximate surface area is 833 Å². The minimum Gasteiger partial charge on any atom is -0.309 e. The molecule has 22 aromatic carbocycles. The first-order chi connectivity index (χ1) is 71.8. The van der Waals surface area contributed by atoms with Crippen molar-refractivity contribution in [3.8, 4) is 118 Å². The summed E-state index contributed by atoms with van der Waals surface area (Å²) in [5.74, 6) is -3.63. The second-order valence-electron chi connectivity index (χ2n) is 36.9. The molecule has 0 unspecified atom stereocenters. The van der Waals surface area contributed by atoms with E-state index in [-0.39, 0.29) is 0 Å². The third-order valence-electron chi connectivity index (χ3n) is 28.4. The van der Waals surface area contributed by atoms with Crippen molar-refractivity contribution < 1.29 is 61.5 Å². The number of hydrogen-bond donors (Lipinski definition) is 0. The molecule has 0 saturated carbocycles. The fraction of sp³-hybridized carbons (Fsp3) is 0.0156. The summed E-state index contributed by atoms with van der Waals surface area (Å²) in [5, 5.41) is 20.6. The standard InChI is InChI=1S/C64H34F10N2.C64H34F4N4/c65-43-17-25-57-51(29-43)52-30-44(66)18-26-58(52)75(57)47-22-24-50-55(33-47)61(39-5-1-35(2-6-39)37-9-13-41(14-10-37)63(69,70)71)49-23-21-48(76-59-27-19-45(67)31-53(59)54-32-46(68)20-28-60(54)76)34-56(49)62(50)40-7-3-36(4-8-40)38-11-15-42(16-12-38)64(72,73)74;1-70-48-20-14-41(15-21-48)40-8-12-43(13-9-40)64-52-25-23-49(71-59-26-16-44(65)30-53(59)54-31-45(66)17-27-60(54)71)34-57(52)63(42-10-6-39(7-11-42)38-4-2-37(36-69)3-5-38)51-24-22-50(35-58(51)64)72-61-28-18-46(67)32-55(61)56-33-47(68)19-29-62(56)72/h1-34H;2-35H. The van der Waals surface area contributed by atoms with Gasteiger partial charge in [0.05, 0.1) is 73.5 Å². The van der Waals surface area contributed by atoms with E-state index in [1.54, 1.807) is 48.5 Å². The lowest BCUT2D eigenvalue weighted by molar-refractivity contribution is -0.138. The minimum absolute atomic E-state index is 0.418. The first-order valence-electron chi connectivity index (χ1n) is 47.2. The number of benzene rings is 22. The highest BCUT2D eigenvalue weighted by atomic mass is 19.4. The summed E-state index contributed by atoms with van der Waals surface area (Å²) in [6.45, 7) is 7.45. The maximum Gasteiger partial charge on any atom is 0.416 e. The highest BCUT2D eigenvalue weighted by Gasteiger charge is 2.33. The van der Waals surface area contributed by atoms with Crippen LogP contribution in [0.25, 0.3) is 247 Å². The van der Waals surface area contributed by atoms with Gasteiger partial charge in [-0.25, -0.2) is 40.0 Å². The molecule has 0 aliphatic heterocycles. The van der Waals surface area contributed by atoms with Crippen molar-refractivity contribution in [3.05, 3.63) is 487 Å². The van der Waals surface area contributed by atoms with Crippen LogP contribution in [0, 0.1) is 64.4 Å². The quantitative estimate of drug-likeness (QED) is 0.0683. The number of alkyl halides is 6. The Hall–Kier alpha value is -18.9. The van der Waals surface area contributed by atoms with E-state index in [4.69, 9.17) is 6.57 Å². The Morgan fingerprint density at radius 3 is 0.547 bits per heavy atom. The molecule has 0 aliphatic carbocycles. The van der Waals surface area contributed by atoms with Gasteiger partial charge < -0.3 is 18.3 Å². The highest BCUT2D eigenvalue weighted by Crippen LogP contribution is 2.52. The Morgan fingerprint density at radius 2 is 0.365 bits per heavy atom. The zero-order valence-electron chi connectivity index (χ0n) is 77.2. The van der Waals surface area contributed by atoms with E-state index in [0.717, 1.165) is 168 Å². The molecule has 148 heavy (non-hydrogen) atoms. The van der Waals surface area contributed by atoms with Crippen LogP contribution >= 0.6 is 0 Å². The smallest absolute Gasteiger partial charge is 0.309 e. The van der Waals surface area contributed by atoms with Crippen molar-refractivity contribution >= 4 is 136 Å². The highest BCUT2D eigenvalue weighted by molar-refractivity contribution is 6.25. The van der Waals surface area contributed by atoms with Crippen molar-refractivity contribution in [2.75, 3.05) is 0 Å². The SMILES string of the molecule is Fc1ccc2c(c1)c1cc(F)ccc1n2-c1ccc2c(-c3ccc(-c4ccc(C(F)(F)F)cc4)cc3)c3cc(-n4c5ccc(F)cc5c5cc(F)ccc54)ccc3c(-c3ccc(-c4ccc(C(F)(F)F)cc4)cc3)c2c1.[C-]#[N+]c1ccc(-c2ccc(-c3c4ccc(-n5c6ccc(F)cc6c6cc(F)ccc65)cc4c(-c4ccc(-c5ccc(C#N)cc5)cc4)c4ccc(-n5c6ccc(F)cc6c6cc(F)ccc65)cc34)cc2)cc1. The van der Waals surface area contributed by atoms with E-state index in [2.05, 4.69) is 92.8 Å². The maximum absolute atomic E-state index is 14.9. The van der Waals surface area contributed by atoms with Gasteiger partial charge in [0.1, 0.15) is 46.5 Å². The van der Waals surface area contributed by atoms with Gasteiger partial charge in [-0.05, 0) is 363 Å². The first kappa shape index (κ1) is 90.4. The van der Waals surface area contributed by atoms with Gasteiger partial charge in [0, 0.05) is 65.8 Å². The molecule has 4 heterocycles. The molecule has 0 radical (unpaired) electrons. The molecular weight excluding hydrogens is 1890 g/mol. The fourth-order valence-corrected chi connectivity index (χ4v) is 21.7. The average Bonchev–Trinajstić information content (AvgIpc) is 0.953. The Kier molecular flexibility index (Phi) is 21.4. The zero-order chi connectivity index (χ0) is 101. The topological polar surface area (TPSA) is 47.9 Å². The van der Waals surface area contributed by atoms with Crippen LogP contribution in [0.4, 0.5) is 67.2 Å². The number of rotatable bonds is 12. The van der Waals surface area contributed by atoms with Gasteiger partial charge in [-0.3, -0.25) is 0 Å². The predicted octanol–water partition coefficient (Wildman–Crippen LogP) is 37.3. The van der Waals surface area contributed by atoms with Gasteiger partial charge >= 0.3 is 12.4 Å². The molecule has 0 bridgehead atoms. The molecule has 0 spiro atoms. The summed E-state index contributed by atoms with van der Waals surface area (Å²) in [5.41, 5.74) is 21.1. The maximum atomic E-state index is 14.9. The number of fused-ring (bicyclic) bond motifs is 16. The van der Waals surface area contributed by atoms with Crippen molar-refractivity contribution in [2.45, 2.75) is 12.4 Å². The Balaban J connectivity index is 0.000000154. The number of halogens is 14. The lowest BCUT2D eigenvalue weighted by Gasteiger charge is -2.21. The van der Waals surface area contributed by atoms with Crippen LogP contribution in [0.15, 0.2) is 413 Å². The number of aromatic nitrogens is 4. The predicted molar refractivity (Wildman–Crippen MR) is 564 cm³/mol. The molecule has 0 atom stereocenters. The van der Waals surface area contributed by atoms with Gasteiger partial charge in [0.25, 0.3) is 0 Å². The van der Waals surface area contributed by atoms with Crippen LogP contribution in [0.3, 0.4) is 0 Å². The van der Waals surface area contributed by atoms with Crippen LogP contribution in [0.1, 0.15) is 16.7 Å². The van der Waals surface area contributed by atoms with Crippen LogP contribution in [0.5, 0.6) is 0 Å². The van der Waals surface area contributed by atoms with Gasteiger partial charge in [0.15, 0.2) is 5.69 Å². The van der Waals surface area contributed by atoms with E-state index >= 15 is 0 Å². The second kappa shape index (κ2) is 35.0. The van der Waals surface area contributed by atoms with Crippen molar-refractivity contribution in [3.63, 3.8) is 0 Å². The number of nitrogens with zero attached hydrogens (tertiary/aromatic N) is 6. The van der Waals surface area contributed by atoms with E-state index in [0.29, 0.717) is 110 Å². The van der Waals surface area contributed by atoms with Crippen LogP contribution in [-0.2, 0) is 12.4 Å². The summed E-state index contributed by atoms with van der Waals surface area (Å²) in [6, 6.07) is 119. The Morgan fingerprint density at radius 1 is 0.189 bits per heavy atom. The largest absolute Gasteiger partial charge is 0.416 e. The summed E-state index contributed by atoms with van der Waals surface area (Å²) in [7, 11) is 0. The molecule has 0 N–H and O–H groups in total. The van der Waals surface area contributed by atoms with Crippen molar-refractivity contribution in [2.24, 2.45) is 0 Å². The monoisotopic (exact) mass is 1950 g/mol.